The first kappa shape index (κ1) is 19.3. The summed E-state index contributed by atoms with van der Waals surface area (Å²) < 4.78 is 0. The molecule has 0 saturated carbocycles. The van der Waals surface area contributed by atoms with E-state index in [0.717, 1.165) is 12.1 Å². The number of hydrogen-bond donors (Lipinski definition) is 1. The summed E-state index contributed by atoms with van der Waals surface area (Å²) in [4.78, 5) is 0. The summed E-state index contributed by atoms with van der Waals surface area (Å²) in [6.07, 6.45) is 20.1. The lowest BCUT2D eigenvalue weighted by Gasteiger charge is -2.29. The fourth-order valence-corrected chi connectivity index (χ4v) is 3.48. The zero-order valence-electron chi connectivity index (χ0n) is 15.5. The largest absolute Gasteiger partial charge is 0.365 e. The van der Waals surface area contributed by atoms with Crippen LogP contribution in [0.5, 0.6) is 0 Å². The first-order chi connectivity index (χ1) is 10.6. The molecule has 0 amide bonds. The van der Waals surface area contributed by atoms with Gasteiger partial charge in [-0.3, -0.25) is 0 Å². The molecule has 0 spiro atoms. The monoisotopic (exact) mass is 305 g/mol. The Bertz CT molecular complexity index is 342. The van der Waals surface area contributed by atoms with Crippen molar-refractivity contribution in [2.75, 3.05) is 0 Å². The molecule has 0 saturated heterocycles. The van der Waals surface area contributed by atoms with Crippen molar-refractivity contribution in [2.45, 2.75) is 104 Å². The Hall–Kier alpha value is -0.720. The second kappa shape index (κ2) is 10.9. The third kappa shape index (κ3) is 7.03. The van der Waals surface area contributed by atoms with Crippen LogP contribution in [0.3, 0.4) is 0 Å². The summed E-state index contributed by atoms with van der Waals surface area (Å²) in [7, 11) is 0. The second-order valence-electron chi connectivity index (χ2n) is 7.44. The van der Waals surface area contributed by atoms with Crippen LogP contribution in [0.25, 0.3) is 0 Å². The Labute approximate surface area is 139 Å². The summed E-state index contributed by atoms with van der Waals surface area (Å²) in [6.45, 7) is 11.1. The standard InChI is InChI=1S/C21H39N/c1-5-7-8-9-10-11-12-13-14-15-16-21(4,6-2)20-17-19(3)22-18-20/h18,22H,3,5-17H2,1-2,4H3. The summed E-state index contributed by atoms with van der Waals surface area (Å²) in [5, 5.41) is 3.29. The van der Waals surface area contributed by atoms with Gasteiger partial charge < -0.3 is 5.32 Å². The molecule has 0 bridgehead atoms. The van der Waals surface area contributed by atoms with Gasteiger partial charge in [0.2, 0.25) is 0 Å². The molecule has 1 aliphatic heterocycles. The minimum Gasteiger partial charge on any atom is -0.365 e. The van der Waals surface area contributed by atoms with Crippen molar-refractivity contribution in [2.24, 2.45) is 5.41 Å². The van der Waals surface area contributed by atoms with Gasteiger partial charge in [-0.15, -0.1) is 0 Å². The van der Waals surface area contributed by atoms with E-state index in [-0.39, 0.29) is 0 Å². The molecule has 0 aromatic heterocycles. The highest BCUT2D eigenvalue weighted by atomic mass is 14.9. The van der Waals surface area contributed by atoms with Gasteiger partial charge in [-0.25, -0.2) is 0 Å². The van der Waals surface area contributed by atoms with E-state index < -0.39 is 0 Å². The predicted molar refractivity (Wildman–Crippen MR) is 99.8 cm³/mol. The summed E-state index contributed by atoms with van der Waals surface area (Å²) >= 11 is 0. The van der Waals surface area contributed by atoms with E-state index in [2.05, 4.69) is 38.9 Å². The van der Waals surface area contributed by atoms with Crippen LogP contribution in [0.1, 0.15) is 104 Å². The maximum atomic E-state index is 4.05. The van der Waals surface area contributed by atoms with E-state index in [1.54, 1.807) is 5.57 Å². The Morgan fingerprint density at radius 2 is 1.50 bits per heavy atom. The van der Waals surface area contributed by atoms with E-state index in [1.165, 1.54) is 77.0 Å². The summed E-state index contributed by atoms with van der Waals surface area (Å²) in [5.41, 5.74) is 3.11. The average Bonchev–Trinajstić information content (AvgIpc) is 2.96. The van der Waals surface area contributed by atoms with Crippen LogP contribution >= 0.6 is 0 Å². The SMILES string of the molecule is C=C1CC(C(C)(CC)CCCCCCCCCCCC)=CN1. The van der Waals surface area contributed by atoms with Crippen molar-refractivity contribution in [3.05, 3.63) is 24.0 Å². The molecule has 0 aromatic carbocycles. The minimum atomic E-state index is 0.382. The Morgan fingerprint density at radius 3 is 1.95 bits per heavy atom. The minimum absolute atomic E-state index is 0.382. The molecule has 1 nitrogen and oxygen atoms in total. The Balaban J connectivity index is 2.06. The fourth-order valence-electron chi connectivity index (χ4n) is 3.48. The molecule has 128 valence electrons. The smallest absolute Gasteiger partial charge is 0.0115 e. The van der Waals surface area contributed by atoms with Gasteiger partial charge >= 0.3 is 0 Å². The topological polar surface area (TPSA) is 12.0 Å². The van der Waals surface area contributed by atoms with E-state index in [1.807, 2.05) is 0 Å². The van der Waals surface area contributed by atoms with Crippen LogP contribution in [0, 0.1) is 5.41 Å². The third-order valence-corrected chi connectivity index (χ3v) is 5.49. The first-order valence-electron chi connectivity index (χ1n) is 9.76. The third-order valence-electron chi connectivity index (χ3n) is 5.49. The number of allylic oxidation sites excluding steroid dienone is 1. The normalized spacial score (nSPS) is 17.2. The van der Waals surface area contributed by atoms with Gasteiger partial charge in [-0.1, -0.05) is 91.6 Å². The molecule has 1 unspecified atom stereocenters. The summed E-state index contributed by atoms with van der Waals surface area (Å²) in [6, 6.07) is 0. The van der Waals surface area contributed by atoms with Crippen molar-refractivity contribution >= 4 is 0 Å². The lowest BCUT2D eigenvalue weighted by molar-refractivity contribution is 0.329. The van der Waals surface area contributed by atoms with E-state index in [0.29, 0.717) is 5.41 Å². The van der Waals surface area contributed by atoms with Gasteiger partial charge in [0.05, 0.1) is 0 Å². The first-order valence-corrected chi connectivity index (χ1v) is 9.76. The molecular weight excluding hydrogens is 266 g/mol. The summed E-state index contributed by atoms with van der Waals surface area (Å²) in [5.74, 6) is 0. The Morgan fingerprint density at radius 1 is 0.955 bits per heavy atom. The highest BCUT2D eigenvalue weighted by molar-refractivity contribution is 5.26. The fraction of sp³-hybridized carbons (Fsp3) is 0.810. The lowest BCUT2D eigenvalue weighted by atomic mass is 9.75. The highest BCUT2D eigenvalue weighted by Crippen LogP contribution is 2.40. The average molecular weight is 306 g/mol. The maximum absolute atomic E-state index is 4.05. The quantitative estimate of drug-likeness (QED) is 0.358. The predicted octanol–water partition coefficient (Wildman–Crippen LogP) is 7.10. The molecule has 1 heteroatoms. The molecule has 1 atom stereocenters. The zero-order valence-corrected chi connectivity index (χ0v) is 15.5. The second-order valence-corrected chi connectivity index (χ2v) is 7.44. The van der Waals surface area contributed by atoms with Gasteiger partial charge in [-0.05, 0) is 23.8 Å². The highest BCUT2D eigenvalue weighted by Gasteiger charge is 2.28. The van der Waals surface area contributed by atoms with Crippen molar-refractivity contribution in [3.8, 4) is 0 Å². The van der Waals surface area contributed by atoms with Crippen molar-refractivity contribution < 1.29 is 0 Å². The molecule has 22 heavy (non-hydrogen) atoms. The van der Waals surface area contributed by atoms with Gasteiger partial charge in [0.15, 0.2) is 0 Å². The van der Waals surface area contributed by atoms with Crippen LogP contribution in [-0.2, 0) is 0 Å². The van der Waals surface area contributed by atoms with Crippen molar-refractivity contribution in [3.63, 3.8) is 0 Å². The number of unbranched alkanes of at least 4 members (excludes halogenated alkanes) is 9. The molecule has 1 aliphatic rings. The molecule has 0 radical (unpaired) electrons. The number of hydrogen-bond acceptors (Lipinski definition) is 1. The van der Waals surface area contributed by atoms with Gasteiger partial charge in [0.25, 0.3) is 0 Å². The van der Waals surface area contributed by atoms with Crippen LogP contribution < -0.4 is 5.32 Å². The van der Waals surface area contributed by atoms with Crippen LogP contribution in [0.15, 0.2) is 24.0 Å². The maximum Gasteiger partial charge on any atom is 0.0115 e. The van der Waals surface area contributed by atoms with Gasteiger partial charge in [-0.2, -0.15) is 0 Å². The Kier molecular flexibility index (Phi) is 9.59. The van der Waals surface area contributed by atoms with E-state index in [9.17, 15) is 0 Å². The molecule has 1 N–H and O–H groups in total. The van der Waals surface area contributed by atoms with Gasteiger partial charge in [0.1, 0.15) is 0 Å². The van der Waals surface area contributed by atoms with Crippen molar-refractivity contribution in [1.82, 2.24) is 5.32 Å². The molecular formula is C21H39N. The molecule has 0 aliphatic carbocycles. The van der Waals surface area contributed by atoms with Gasteiger partial charge in [0, 0.05) is 18.3 Å². The molecule has 0 fully saturated rings. The van der Waals surface area contributed by atoms with Crippen molar-refractivity contribution in [1.29, 1.82) is 0 Å². The van der Waals surface area contributed by atoms with Crippen LogP contribution in [0.4, 0.5) is 0 Å². The van der Waals surface area contributed by atoms with E-state index in [4.69, 9.17) is 0 Å². The molecule has 1 rings (SSSR count). The number of rotatable bonds is 13. The number of nitrogens with one attached hydrogen (secondary N) is 1. The van der Waals surface area contributed by atoms with E-state index >= 15 is 0 Å². The zero-order chi connectivity index (χ0) is 16.3. The lowest BCUT2D eigenvalue weighted by Crippen LogP contribution is -2.17. The molecule has 1 heterocycles. The van der Waals surface area contributed by atoms with Crippen LogP contribution in [0.2, 0.25) is 0 Å². The molecule has 0 aromatic rings. The van der Waals surface area contributed by atoms with Crippen LogP contribution in [-0.4, -0.2) is 0 Å².